The van der Waals surface area contributed by atoms with Crippen molar-refractivity contribution in [3.8, 4) is 0 Å². The Hall–Kier alpha value is -1.12. The Morgan fingerprint density at radius 3 is 2.79 bits per heavy atom. The molecule has 0 radical (unpaired) electrons. The zero-order valence-corrected chi connectivity index (χ0v) is 12.3. The van der Waals surface area contributed by atoms with E-state index in [9.17, 15) is 4.79 Å². The number of ketones is 1. The summed E-state index contributed by atoms with van der Waals surface area (Å²) < 4.78 is 0. The summed E-state index contributed by atoms with van der Waals surface area (Å²) in [5, 5.41) is 0.706. The summed E-state index contributed by atoms with van der Waals surface area (Å²) in [4.78, 5) is 14.5. The predicted octanol–water partition coefficient (Wildman–Crippen LogP) is 3.65. The van der Waals surface area contributed by atoms with Gasteiger partial charge in [-0.15, -0.1) is 0 Å². The molecule has 1 aromatic rings. The smallest absolute Gasteiger partial charge is 0.163 e. The summed E-state index contributed by atoms with van der Waals surface area (Å²) >= 11 is 6.15. The monoisotopic (exact) mass is 277 g/mol. The van der Waals surface area contributed by atoms with E-state index in [2.05, 4.69) is 4.90 Å². The van der Waals surface area contributed by atoms with E-state index < -0.39 is 0 Å². The lowest BCUT2D eigenvalue weighted by molar-refractivity contribution is -0.120. The number of Topliss-reactive ketones (excluding diaryl/α,β-unsaturated/α-hetero) is 1. The van der Waals surface area contributed by atoms with Crippen molar-refractivity contribution in [2.45, 2.75) is 19.3 Å². The number of nitrogens with zero attached hydrogens (tertiary/aromatic N) is 1. The molecule has 1 atom stereocenters. The van der Waals surface area contributed by atoms with Crippen LogP contribution in [-0.4, -0.2) is 31.3 Å². The molecule has 0 heterocycles. The third-order valence-corrected chi connectivity index (χ3v) is 3.85. The first-order valence-corrected chi connectivity index (χ1v) is 7.10. The zero-order valence-electron chi connectivity index (χ0n) is 11.5. The topological polar surface area (TPSA) is 20.3 Å². The molecule has 0 saturated heterocycles. The van der Waals surface area contributed by atoms with Crippen LogP contribution in [0.25, 0.3) is 6.08 Å². The maximum Gasteiger partial charge on any atom is 0.163 e. The van der Waals surface area contributed by atoms with Gasteiger partial charge in [-0.25, -0.2) is 0 Å². The van der Waals surface area contributed by atoms with Gasteiger partial charge in [0, 0.05) is 17.5 Å². The van der Waals surface area contributed by atoms with Crippen LogP contribution in [0.15, 0.2) is 29.8 Å². The second-order valence-corrected chi connectivity index (χ2v) is 5.81. The Morgan fingerprint density at radius 2 is 2.11 bits per heavy atom. The van der Waals surface area contributed by atoms with Gasteiger partial charge < -0.3 is 4.90 Å². The van der Waals surface area contributed by atoms with Crippen molar-refractivity contribution >= 4 is 23.5 Å². The van der Waals surface area contributed by atoms with E-state index in [0.717, 1.165) is 36.9 Å². The molecule has 0 aliphatic heterocycles. The van der Waals surface area contributed by atoms with Crippen LogP contribution in [0, 0.1) is 5.92 Å². The molecule has 1 saturated carbocycles. The molecule has 1 aliphatic carbocycles. The molecule has 19 heavy (non-hydrogen) atoms. The van der Waals surface area contributed by atoms with Crippen LogP contribution in [0.5, 0.6) is 0 Å². The fourth-order valence-corrected chi connectivity index (χ4v) is 2.78. The number of hydrogen-bond donors (Lipinski definition) is 0. The Bertz CT molecular complexity index is 493. The maximum absolute atomic E-state index is 12.4. The van der Waals surface area contributed by atoms with Crippen LogP contribution in [0.1, 0.15) is 24.8 Å². The standard InChI is InChI=1S/C16H20ClNO/c1-18(2)11-14-8-5-7-13(16(14)19)10-12-6-3-4-9-15(12)17/h3-4,6,9-10,14H,5,7-8,11H2,1-2H3/b13-10-. The summed E-state index contributed by atoms with van der Waals surface area (Å²) in [5.41, 5.74) is 1.87. The fraction of sp³-hybridized carbons (Fsp3) is 0.438. The average Bonchev–Trinajstić information content (AvgIpc) is 2.36. The molecule has 2 rings (SSSR count). The lowest BCUT2D eigenvalue weighted by Gasteiger charge is -2.25. The first-order valence-electron chi connectivity index (χ1n) is 6.72. The molecular formula is C16H20ClNO. The lowest BCUT2D eigenvalue weighted by Crippen LogP contribution is -2.31. The van der Waals surface area contributed by atoms with Crippen LogP contribution in [0.3, 0.4) is 0 Å². The van der Waals surface area contributed by atoms with Gasteiger partial charge in [0.1, 0.15) is 0 Å². The SMILES string of the molecule is CN(C)CC1CCC/C(=C/c2ccccc2Cl)C1=O. The van der Waals surface area contributed by atoms with Gasteiger partial charge in [0.15, 0.2) is 5.78 Å². The van der Waals surface area contributed by atoms with Gasteiger partial charge in [0.25, 0.3) is 0 Å². The highest BCUT2D eigenvalue weighted by Crippen LogP contribution is 2.28. The Morgan fingerprint density at radius 1 is 1.37 bits per heavy atom. The molecule has 102 valence electrons. The fourth-order valence-electron chi connectivity index (χ4n) is 2.59. The van der Waals surface area contributed by atoms with E-state index in [1.54, 1.807) is 0 Å². The molecule has 1 aromatic carbocycles. The minimum absolute atomic E-state index is 0.137. The lowest BCUT2D eigenvalue weighted by atomic mass is 9.83. The maximum atomic E-state index is 12.4. The normalized spacial score (nSPS) is 22.2. The van der Waals surface area contributed by atoms with E-state index in [0.29, 0.717) is 10.8 Å². The highest BCUT2D eigenvalue weighted by molar-refractivity contribution is 6.32. The van der Waals surface area contributed by atoms with E-state index in [1.807, 2.05) is 44.4 Å². The van der Waals surface area contributed by atoms with Crippen LogP contribution in [-0.2, 0) is 4.79 Å². The number of halogens is 1. The summed E-state index contributed by atoms with van der Waals surface area (Å²) in [7, 11) is 4.03. The van der Waals surface area contributed by atoms with Gasteiger partial charge in [-0.2, -0.15) is 0 Å². The second kappa shape index (κ2) is 6.36. The molecule has 0 bridgehead atoms. The number of carbonyl (C=O) groups is 1. The average molecular weight is 278 g/mol. The van der Waals surface area contributed by atoms with Gasteiger partial charge in [-0.1, -0.05) is 29.8 Å². The van der Waals surface area contributed by atoms with Gasteiger partial charge in [0.2, 0.25) is 0 Å². The largest absolute Gasteiger partial charge is 0.309 e. The van der Waals surface area contributed by atoms with E-state index >= 15 is 0 Å². The molecule has 3 heteroatoms. The van der Waals surface area contributed by atoms with Gasteiger partial charge in [-0.05, 0) is 56.6 Å². The molecule has 0 aromatic heterocycles. The molecule has 0 spiro atoms. The minimum atomic E-state index is 0.137. The third kappa shape index (κ3) is 3.68. The number of allylic oxidation sites excluding steroid dienone is 1. The second-order valence-electron chi connectivity index (χ2n) is 5.41. The van der Waals surface area contributed by atoms with Crippen molar-refractivity contribution in [3.63, 3.8) is 0 Å². The molecule has 2 nitrogen and oxygen atoms in total. The van der Waals surface area contributed by atoms with Crippen molar-refractivity contribution in [2.75, 3.05) is 20.6 Å². The van der Waals surface area contributed by atoms with Crippen LogP contribution in [0.2, 0.25) is 5.02 Å². The van der Waals surface area contributed by atoms with Crippen LogP contribution in [0.4, 0.5) is 0 Å². The van der Waals surface area contributed by atoms with Gasteiger partial charge >= 0.3 is 0 Å². The minimum Gasteiger partial charge on any atom is -0.309 e. The van der Waals surface area contributed by atoms with Gasteiger partial charge in [0.05, 0.1) is 0 Å². The molecule has 1 aliphatic rings. The first-order chi connectivity index (χ1) is 9.08. The number of hydrogen-bond acceptors (Lipinski definition) is 2. The van der Waals surface area contributed by atoms with Crippen molar-refractivity contribution < 1.29 is 4.79 Å². The summed E-state index contributed by atoms with van der Waals surface area (Å²) in [6, 6.07) is 7.67. The first kappa shape index (κ1) is 14.3. The van der Waals surface area contributed by atoms with E-state index in [1.165, 1.54) is 0 Å². The Labute approximate surface area is 120 Å². The van der Waals surface area contributed by atoms with E-state index in [4.69, 9.17) is 11.6 Å². The third-order valence-electron chi connectivity index (χ3n) is 3.51. The molecule has 0 amide bonds. The Balaban J connectivity index is 2.20. The number of rotatable bonds is 3. The zero-order chi connectivity index (χ0) is 13.8. The summed E-state index contributed by atoms with van der Waals surface area (Å²) in [6.45, 7) is 0.832. The summed E-state index contributed by atoms with van der Waals surface area (Å²) in [6.07, 6.45) is 4.91. The van der Waals surface area contributed by atoms with Crippen molar-refractivity contribution in [1.82, 2.24) is 4.90 Å². The molecule has 1 unspecified atom stereocenters. The van der Waals surface area contributed by atoms with Crippen molar-refractivity contribution in [2.24, 2.45) is 5.92 Å². The predicted molar refractivity (Wildman–Crippen MR) is 80.3 cm³/mol. The Kier molecular flexibility index (Phi) is 4.78. The highest BCUT2D eigenvalue weighted by Gasteiger charge is 2.26. The molecule has 1 fully saturated rings. The van der Waals surface area contributed by atoms with Gasteiger partial charge in [-0.3, -0.25) is 4.79 Å². The van der Waals surface area contributed by atoms with Crippen molar-refractivity contribution in [1.29, 1.82) is 0 Å². The molecular weight excluding hydrogens is 258 g/mol. The number of benzene rings is 1. The molecule has 0 N–H and O–H groups in total. The number of carbonyl (C=O) groups excluding carboxylic acids is 1. The highest BCUT2D eigenvalue weighted by atomic mass is 35.5. The van der Waals surface area contributed by atoms with Crippen molar-refractivity contribution in [3.05, 3.63) is 40.4 Å². The van der Waals surface area contributed by atoms with Crippen LogP contribution >= 0.6 is 11.6 Å². The summed E-state index contributed by atoms with van der Waals surface area (Å²) in [5.74, 6) is 0.428. The quantitative estimate of drug-likeness (QED) is 0.786. The van der Waals surface area contributed by atoms with E-state index in [-0.39, 0.29) is 5.92 Å². The van der Waals surface area contributed by atoms with Crippen LogP contribution < -0.4 is 0 Å².